The summed E-state index contributed by atoms with van der Waals surface area (Å²) in [5, 5.41) is 11.3. The highest BCUT2D eigenvalue weighted by Gasteiger charge is 2.49. The maximum atomic E-state index is 12.6. The van der Waals surface area contributed by atoms with Crippen LogP contribution in [0, 0.1) is 11.8 Å². The zero-order valence-electron chi connectivity index (χ0n) is 14.5. The molecule has 4 nitrogen and oxygen atoms in total. The molecule has 4 heteroatoms. The Morgan fingerprint density at radius 3 is 2.45 bits per heavy atom. The van der Waals surface area contributed by atoms with E-state index in [0.29, 0.717) is 0 Å². The zero-order chi connectivity index (χ0) is 16.2. The highest BCUT2D eigenvalue weighted by atomic mass is 16.5. The van der Waals surface area contributed by atoms with Gasteiger partial charge >= 0.3 is 5.97 Å². The van der Waals surface area contributed by atoms with Crippen molar-refractivity contribution in [2.45, 2.75) is 76.4 Å². The zero-order valence-corrected chi connectivity index (χ0v) is 14.5. The molecule has 3 atom stereocenters. The van der Waals surface area contributed by atoms with Crippen LogP contribution in [0.3, 0.4) is 0 Å². The summed E-state index contributed by atoms with van der Waals surface area (Å²) in [5.41, 5.74) is -0.826. The summed E-state index contributed by atoms with van der Waals surface area (Å²) >= 11 is 0. The van der Waals surface area contributed by atoms with Gasteiger partial charge in [-0.3, -0.25) is 4.79 Å². The molecule has 0 aliphatic heterocycles. The molecule has 2 aliphatic rings. The lowest BCUT2D eigenvalue weighted by Gasteiger charge is -2.45. The van der Waals surface area contributed by atoms with Crippen molar-refractivity contribution in [3.05, 3.63) is 0 Å². The molecular weight excluding hydrogens is 278 g/mol. The fourth-order valence-corrected chi connectivity index (χ4v) is 4.43. The number of nitrogens with zero attached hydrogens (tertiary/aromatic N) is 1. The SMILES string of the molecule is CC(CN(C)C)OC(=O)[C@H]1CCCC[C@@]1(O)C1CCCCC1. The predicted molar refractivity (Wildman–Crippen MR) is 87.6 cm³/mol. The number of rotatable bonds is 5. The standard InChI is InChI=1S/C18H33NO3/c1-14(13-19(2)3)22-17(20)16-11-7-8-12-18(16,21)15-9-5-4-6-10-15/h14-16,21H,4-13H2,1-3H3/t14?,16-,18-/m1/s1. The molecule has 0 radical (unpaired) electrons. The molecule has 0 aromatic rings. The molecule has 22 heavy (non-hydrogen) atoms. The maximum absolute atomic E-state index is 12.6. The monoisotopic (exact) mass is 311 g/mol. The van der Waals surface area contributed by atoms with Crippen LogP contribution in [-0.4, -0.2) is 48.3 Å². The Balaban J connectivity index is 2.03. The summed E-state index contributed by atoms with van der Waals surface area (Å²) in [6, 6.07) is 0. The summed E-state index contributed by atoms with van der Waals surface area (Å²) in [6.07, 6.45) is 9.24. The second kappa shape index (κ2) is 7.78. The lowest BCUT2D eigenvalue weighted by molar-refractivity contribution is -0.175. The first-order valence-corrected chi connectivity index (χ1v) is 9.01. The largest absolute Gasteiger partial charge is 0.461 e. The van der Waals surface area contributed by atoms with Crippen LogP contribution in [0.2, 0.25) is 0 Å². The Hall–Kier alpha value is -0.610. The molecule has 0 heterocycles. The smallest absolute Gasteiger partial charge is 0.312 e. The van der Waals surface area contributed by atoms with E-state index in [9.17, 15) is 9.90 Å². The van der Waals surface area contributed by atoms with Crippen molar-refractivity contribution < 1.29 is 14.6 Å². The number of carbonyl (C=O) groups excluding carboxylic acids is 1. The first-order valence-electron chi connectivity index (χ1n) is 9.01. The predicted octanol–water partition coefficient (Wildman–Crippen LogP) is 2.98. The Morgan fingerprint density at radius 2 is 1.82 bits per heavy atom. The fourth-order valence-electron chi connectivity index (χ4n) is 4.43. The average Bonchev–Trinajstić information content (AvgIpc) is 2.47. The molecular formula is C18H33NO3. The third-order valence-electron chi connectivity index (χ3n) is 5.46. The molecule has 2 aliphatic carbocycles. The number of ether oxygens (including phenoxy) is 1. The number of aliphatic hydroxyl groups is 1. The number of hydrogen-bond acceptors (Lipinski definition) is 4. The van der Waals surface area contributed by atoms with Crippen molar-refractivity contribution in [1.82, 2.24) is 4.90 Å². The van der Waals surface area contributed by atoms with Gasteiger partial charge in [0, 0.05) is 6.54 Å². The van der Waals surface area contributed by atoms with Crippen LogP contribution in [0.15, 0.2) is 0 Å². The van der Waals surface area contributed by atoms with Crippen molar-refractivity contribution >= 4 is 5.97 Å². The molecule has 0 aromatic heterocycles. The third-order valence-corrected chi connectivity index (χ3v) is 5.46. The molecule has 0 amide bonds. The van der Waals surface area contributed by atoms with Gasteiger partial charge in [-0.15, -0.1) is 0 Å². The lowest BCUT2D eigenvalue weighted by atomic mass is 9.64. The minimum Gasteiger partial charge on any atom is -0.461 e. The lowest BCUT2D eigenvalue weighted by Crippen LogP contribution is -2.52. The van der Waals surface area contributed by atoms with Crippen LogP contribution in [0.5, 0.6) is 0 Å². The number of hydrogen-bond donors (Lipinski definition) is 1. The first-order chi connectivity index (χ1) is 10.4. The van der Waals surface area contributed by atoms with Gasteiger partial charge in [-0.25, -0.2) is 0 Å². The summed E-state index contributed by atoms with van der Waals surface area (Å²) < 4.78 is 5.65. The highest BCUT2D eigenvalue weighted by molar-refractivity contribution is 5.74. The van der Waals surface area contributed by atoms with Gasteiger partial charge < -0.3 is 14.7 Å². The van der Waals surface area contributed by atoms with Crippen molar-refractivity contribution in [2.24, 2.45) is 11.8 Å². The molecule has 0 aromatic carbocycles. The van der Waals surface area contributed by atoms with E-state index in [0.717, 1.165) is 45.1 Å². The fraction of sp³-hybridized carbons (Fsp3) is 0.944. The van der Waals surface area contributed by atoms with E-state index in [4.69, 9.17) is 4.74 Å². The topological polar surface area (TPSA) is 49.8 Å². The second-order valence-corrected chi connectivity index (χ2v) is 7.63. The van der Waals surface area contributed by atoms with E-state index in [1.54, 1.807) is 0 Å². The van der Waals surface area contributed by atoms with E-state index in [1.165, 1.54) is 19.3 Å². The summed E-state index contributed by atoms with van der Waals surface area (Å²) in [7, 11) is 3.95. The average molecular weight is 311 g/mol. The molecule has 128 valence electrons. The van der Waals surface area contributed by atoms with E-state index in [-0.39, 0.29) is 23.9 Å². The van der Waals surface area contributed by atoms with Gasteiger partial charge in [0.2, 0.25) is 0 Å². The Kier molecular flexibility index (Phi) is 6.27. The van der Waals surface area contributed by atoms with Gasteiger partial charge in [0.25, 0.3) is 0 Å². The van der Waals surface area contributed by atoms with Gasteiger partial charge in [-0.2, -0.15) is 0 Å². The van der Waals surface area contributed by atoms with Crippen LogP contribution in [-0.2, 0) is 9.53 Å². The van der Waals surface area contributed by atoms with Crippen LogP contribution in [0.4, 0.5) is 0 Å². The molecule has 0 saturated heterocycles. The number of esters is 1. The van der Waals surface area contributed by atoms with Crippen LogP contribution >= 0.6 is 0 Å². The summed E-state index contributed by atoms with van der Waals surface area (Å²) in [6.45, 7) is 2.65. The minimum absolute atomic E-state index is 0.125. The molecule has 0 bridgehead atoms. The summed E-state index contributed by atoms with van der Waals surface area (Å²) in [5.74, 6) is -0.223. The number of likely N-dealkylation sites (N-methyl/N-ethyl adjacent to an activating group) is 1. The van der Waals surface area contributed by atoms with Crippen LogP contribution < -0.4 is 0 Å². The van der Waals surface area contributed by atoms with Crippen molar-refractivity contribution in [3.63, 3.8) is 0 Å². The van der Waals surface area contributed by atoms with Crippen molar-refractivity contribution in [2.75, 3.05) is 20.6 Å². The third kappa shape index (κ3) is 4.23. The molecule has 1 unspecified atom stereocenters. The van der Waals surface area contributed by atoms with E-state index >= 15 is 0 Å². The maximum Gasteiger partial charge on any atom is 0.312 e. The van der Waals surface area contributed by atoms with Gasteiger partial charge in [0.05, 0.1) is 11.5 Å². The van der Waals surface area contributed by atoms with E-state index < -0.39 is 5.60 Å². The van der Waals surface area contributed by atoms with E-state index in [2.05, 4.69) is 0 Å². The normalized spacial score (nSPS) is 32.0. The molecule has 2 saturated carbocycles. The van der Waals surface area contributed by atoms with Gasteiger partial charge in [0.15, 0.2) is 0 Å². The molecule has 2 rings (SSSR count). The van der Waals surface area contributed by atoms with Crippen LogP contribution in [0.25, 0.3) is 0 Å². The van der Waals surface area contributed by atoms with Crippen LogP contribution in [0.1, 0.15) is 64.7 Å². The van der Waals surface area contributed by atoms with E-state index in [1.807, 2.05) is 25.9 Å². The highest BCUT2D eigenvalue weighted by Crippen LogP contribution is 2.45. The van der Waals surface area contributed by atoms with Gasteiger partial charge in [-0.05, 0) is 52.6 Å². The Bertz CT molecular complexity index is 365. The quantitative estimate of drug-likeness (QED) is 0.793. The number of carbonyl (C=O) groups is 1. The van der Waals surface area contributed by atoms with Crippen molar-refractivity contribution in [3.8, 4) is 0 Å². The van der Waals surface area contributed by atoms with Gasteiger partial charge in [0.1, 0.15) is 6.10 Å². The Morgan fingerprint density at radius 1 is 1.18 bits per heavy atom. The summed E-state index contributed by atoms with van der Waals surface area (Å²) in [4.78, 5) is 14.7. The minimum atomic E-state index is -0.826. The molecule has 2 fully saturated rings. The van der Waals surface area contributed by atoms with Crippen molar-refractivity contribution in [1.29, 1.82) is 0 Å². The Labute approximate surface area is 135 Å². The molecule has 1 N–H and O–H groups in total. The first kappa shape index (κ1) is 17.7. The molecule has 0 spiro atoms. The second-order valence-electron chi connectivity index (χ2n) is 7.63. The van der Waals surface area contributed by atoms with Gasteiger partial charge in [-0.1, -0.05) is 32.1 Å².